The maximum Gasteiger partial charge on any atom is 0.335 e. The topological polar surface area (TPSA) is 96.4 Å². The number of fused-ring (bicyclic) bond motifs is 1. The van der Waals surface area contributed by atoms with Crippen molar-refractivity contribution in [2.75, 3.05) is 4.72 Å². The smallest absolute Gasteiger partial charge is 0.335 e. The highest BCUT2D eigenvalue weighted by molar-refractivity contribution is 7.93. The van der Waals surface area contributed by atoms with Crippen LogP contribution in [0.3, 0.4) is 0 Å². The maximum absolute atomic E-state index is 12.8. The van der Waals surface area contributed by atoms with Gasteiger partial charge < -0.3 is 5.11 Å². The molecule has 128 valence electrons. The van der Waals surface area contributed by atoms with Crippen LogP contribution in [0, 0.1) is 0 Å². The van der Waals surface area contributed by atoms with Gasteiger partial charge in [-0.1, -0.05) is 25.1 Å². The van der Waals surface area contributed by atoms with Crippen LogP contribution in [0.5, 0.6) is 0 Å². The molecule has 6 nitrogen and oxygen atoms in total. The molecule has 25 heavy (non-hydrogen) atoms. The van der Waals surface area contributed by atoms with Gasteiger partial charge in [0.05, 0.1) is 11.1 Å². The van der Waals surface area contributed by atoms with Crippen LogP contribution in [-0.2, 0) is 16.4 Å². The zero-order valence-electron chi connectivity index (χ0n) is 13.4. The zero-order chi connectivity index (χ0) is 18.0. The first kappa shape index (κ1) is 16.9. The van der Waals surface area contributed by atoms with Gasteiger partial charge in [0.2, 0.25) is 0 Å². The molecule has 2 N–H and O–H groups in total. The minimum Gasteiger partial charge on any atom is -0.478 e. The molecule has 0 saturated heterocycles. The van der Waals surface area contributed by atoms with Crippen LogP contribution in [0.15, 0.2) is 59.6 Å². The van der Waals surface area contributed by atoms with Crippen molar-refractivity contribution in [2.24, 2.45) is 0 Å². The fraction of sp³-hybridized carbons (Fsp3) is 0.111. The van der Waals surface area contributed by atoms with E-state index in [9.17, 15) is 13.2 Å². The van der Waals surface area contributed by atoms with Crippen molar-refractivity contribution in [1.29, 1.82) is 0 Å². The maximum atomic E-state index is 12.8. The van der Waals surface area contributed by atoms with Gasteiger partial charge >= 0.3 is 5.97 Å². The molecule has 0 aliphatic heterocycles. The summed E-state index contributed by atoms with van der Waals surface area (Å²) in [5, 5.41) is 9.89. The quantitative estimate of drug-likeness (QED) is 0.731. The Kier molecular flexibility index (Phi) is 4.41. The Morgan fingerprint density at radius 1 is 1.16 bits per heavy atom. The minimum atomic E-state index is -3.86. The molecule has 2 aromatic carbocycles. The monoisotopic (exact) mass is 356 g/mol. The number of carbonyl (C=O) groups is 1. The largest absolute Gasteiger partial charge is 0.478 e. The first-order valence-electron chi connectivity index (χ1n) is 7.65. The molecule has 0 bridgehead atoms. The van der Waals surface area contributed by atoms with Crippen molar-refractivity contribution >= 4 is 32.6 Å². The number of carboxylic acid groups (broad SMARTS) is 1. The van der Waals surface area contributed by atoms with E-state index in [4.69, 9.17) is 5.11 Å². The van der Waals surface area contributed by atoms with Gasteiger partial charge in [0.15, 0.2) is 0 Å². The molecule has 0 radical (unpaired) electrons. The van der Waals surface area contributed by atoms with Crippen LogP contribution in [0.1, 0.15) is 22.8 Å². The third-order valence-corrected chi connectivity index (χ3v) is 5.27. The van der Waals surface area contributed by atoms with E-state index in [2.05, 4.69) is 9.71 Å². The Labute approximate surface area is 145 Å². The van der Waals surface area contributed by atoms with Crippen LogP contribution in [0.2, 0.25) is 0 Å². The van der Waals surface area contributed by atoms with E-state index >= 15 is 0 Å². The lowest BCUT2D eigenvalue weighted by atomic mass is 10.0. The number of sulfonamides is 1. The first-order valence-corrected chi connectivity index (χ1v) is 9.13. The summed E-state index contributed by atoms with van der Waals surface area (Å²) in [5.41, 5.74) is 1.42. The van der Waals surface area contributed by atoms with E-state index in [0.717, 1.165) is 5.39 Å². The molecule has 3 aromatic rings. The van der Waals surface area contributed by atoms with Gasteiger partial charge in [-0.25, -0.2) is 13.2 Å². The lowest BCUT2D eigenvalue weighted by molar-refractivity contribution is 0.0696. The molecule has 0 fully saturated rings. The number of benzene rings is 2. The van der Waals surface area contributed by atoms with Gasteiger partial charge in [-0.15, -0.1) is 0 Å². The number of hydrogen-bond acceptors (Lipinski definition) is 4. The van der Waals surface area contributed by atoms with E-state index in [1.165, 1.54) is 24.4 Å². The second-order valence-electron chi connectivity index (χ2n) is 5.47. The molecule has 7 heteroatoms. The molecule has 1 aromatic heterocycles. The van der Waals surface area contributed by atoms with Gasteiger partial charge in [0, 0.05) is 17.3 Å². The molecule has 0 spiro atoms. The number of nitrogens with one attached hydrogen (secondary N) is 1. The molecule has 0 saturated carbocycles. The Morgan fingerprint density at radius 3 is 2.64 bits per heavy atom. The third-order valence-electron chi connectivity index (χ3n) is 3.85. The van der Waals surface area contributed by atoms with Gasteiger partial charge in [-0.2, -0.15) is 0 Å². The molecule has 0 aliphatic rings. The van der Waals surface area contributed by atoms with E-state index in [1.54, 1.807) is 30.3 Å². The molecule has 0 unspecified atom stereocenters. The Balaban J connectivity index is 2.03. The summed E-state index contributed by atoms with van der Waals surface area (Å²) in [6, 6.07) is 12.9. The fourth-order valence-electron chi connectivity index (χ4n) is 2.66. The summed E-state index contributed by atoms with van der Waals surface area (Å²) >= 11 is 0. The predicted molar refractivity (Wildman–Crippen MR) is 95.3 cm³/mol. The molecule has 1 heterocycles. The minimum absolute atomic E-state index is 0.0750. The van der Waals surface area contributed by atoms with Crippen LogP contribution in [-0.4, -0.2) is 24.5 Å². The Morgan fingerprint density at radius 2 is 1.92 bits per heavy atom. The van der Waals surface area contributed by atoms with Crippen molar-refractivity contribution in [1.82, 2.24) is 4.98 Å². The number of aromatic carboxylic acids is 1. The van der Waals surface area contributed by atoms with Crippen molar-refractivity contribution < 1.29 is 18.3 Å². The van der Waals surface area contributed by atoms with Gasteiger partial charge in [-0.3, -0.25) is 9.71 Å². The van der Waals surface area contributed by atoms with Crippen molar-refractivity contribution in [3.8, 4) is 0 Å². The predicted octanol–water partition coefficient (Wildman–Crippen LogP) is 3.30. The molecule has 3 rings (SSSR count). The van der Waals surface area contributed by atoms with Gasteiger partial charge in [0.25, 0.3) is 10.0 Å². The number of aromatic nitrogens is 1. The first-order chi connectivity index (χ1) is 11.9. The normalized spacial score (nSPS) is 11.4. The average molecular weight is 356 g/mol. The summed E-state index contributed by atoms with van der Waals surface area (Å²) in [6.07, 6.45) is 2.02. The standard InChI is InChI=1S/C18H16N2O4S/c1-2-12-11-14(8-9-15(12)18(21)22)20-25(23,24)16-7-3-5-13-6-4-10-19-17(13)16/h3-11,20H,2H2,1H3,(H,21,22). The highest BCUT2D eigenvalue weighted by Crippen LogP contribution is 2.24. The SMILES string of the molecule is CCc1cc(NS(=O)(=O)c2cccc3cccnc23)ccc1C(=O)O. The van der Waals surface area contributed by atoms with E-state index in [0.29, 0.717) is 23.2 Å². The molecule has 0 atom stereocenters. The summed E-state index contributed by atoms with van der Waals surface area (Å²) in [6.45, 7) is 1.81. The van der Waals surface area contributed by atoms with Crippen LogP contribution < -0.4 is 4.72 Å². The second kappa shape index (κ2) is 6.52. The molecule has 0 amide bonds. The number of para-hydroxylation sites is 1. The second-order valence-corrected chi connectivity index (χ2v) is 7.12. The highest BCUT2D eigenvalue weighted by atomic mass is 32.2. The van der Waals surface area contributed by atoms with Crippen LogP contribution >= 0.6 is 0 Å². The number of hydrogen-bond donors (Lipinski definition) is 2. The Bertz CT molecular complexity index is 1060. The Hall–Kier alpha value is -2.93. The molecule has 0 aliphatic carbocycles. The number of rotatable bonds is 5. The van der Waals surface area contributed by atoms with Gasteiger partial charge in [0.1, 0.15) is 4.90 Å². The lowest BCUT2D eigenvalue weighted by Gasteiger charge is -2.12. The summed E-state index contributed by atoms with van der Waals surface area (Å²) < 4.78 is 28.0. The zero-order valence-corrected chi connectivity index (χ0v) is 14.2. The van der Waals surface area contributed by atoms with E-state index in [-0.39, 0.29) is 10.5 Å². The number of pyridine rings is 1. The summed E-state index contributed by atoms with van der Waals surface area (Å²) in [5.74, 6) is -1.04. The van der Waals surface area contributed by atoms with Crippen LogP contribution in [0.25, 0.3) is 10.9 Å². The highest BCUT2D eigenvalue weighted by Gasteiger charge is 2.19. The van der Waals surface area contributed by atoms with Crippen molar-refractivity contribution in [3.63, 3.8) is 0 Å². The molecular weight excluding hydrogens is 340 g/mol. The third kappa shape index (κ3) is 3.32. The van der Waals surface area contributed by atoms with Crippen molar-refractivity contribution in [2.45, 2.75) is 18.2 Å². The van der Waals surface area contributed by atoms with Gasteiger partial charge in [-0.05, 0) is 42.3 Å². The lowest BCUT2D eigenvalue weighted by Crippen LogP contribution is -2.14. The van der Waals surface area contributed by atoms with E-state index in [1.807, 2.05) is 6.92 Å². The summed E-state index contributed by atoms with van der Waals surface area (Å²) in [4.78, 5) is 15.4. The van der Waals surface area contributed by atoms with E-state index < -0.39 is 16.0 Å². The molecular formula is C18H16N2O4S. The number of nitrogens with zero attached hydrogens (tertiary/aromatic N) is 1. The number of carboxylic acids is 1. The van der Waals surface area contributed by atoms with Crippen molar-refractivity contribution in [3.05, 3.63) is 65.9 Å². The average Bonchev–Trinajstić information content (AvgIpc) is 2.60. The number of aryl methyl sites for hydroxylation is 1. The fourth-order valence-corrected chi connectivity index (χ4v) is 3.89. The summed E-state index contributed by atoms with van der Waals surface area (Å²) in [7, 11) is -3.86. The van der Waals surface area contributed by atoms with Crippen LogP contribution in [0.4, 0.5) is 5.69 Å². The number of anilines is 1.